The van der Waals surface area contributed by atoms with E-state index in [2.05, 4.69) is 5.32 Å². The molecule has 2 amide bonds. The van der Waals surface area contributed by atoms with Gasteiger partial charge >= 0.3 is 12.0 Å². The van der Waals surface area contributed by atoms with Crippen LogP contribution in [0.2, 0.25) is 0 Å². The number of aliphatic carboxylic acids is 1. The second-order valence-electron chi connectivity index (χ2n) is 6.48. The van der Waals surface area contributed by atoms with Crippen LogP contribution in [-0.2, 0) is 4.79 Å². The van der Waals surface area contributed by atoms with Gasteiger partial charge in [-0.3, -0.25) is 4.79 Å². The Bertz CT molecular complexity index is 418. The van der Waals surface area contributed by atoms with Gasteiger partial charge in [-0.25, -0.2) is 13.6 Å². The Hall–Kier alpha value is -1.40. The van der Waals surface area contributed by atoms with E-state index in [1.165, 1.54) is 4.90 Å². The molecular weight excluding hydrogens is 294 g/mol. The van der Waals surface area contributed by atoms with Crippen LogP contribution in [0.25, 0.3) is 0 Å². The van der Waals surface area contributed by atoms with E-state index in [-0.39, 0.29) is 37.9 Å². The second kappa shape index (κ2) is 7.24. The predicted molar refractivity (Wildman–Crippen MR) is 76.9 cm³/mol. The molecule has 1 heterocycles. The monoisotopic (exact) mass is 318 g/mol. The first-order valence-corrected chi connectivity index (χ1v) is 8.01. The summed E-state index contributed by atoms with van der Waals surface area (Å²) >= 11 is 0. The fourth-order valence-electron chi connectivity index (χ4n) is 3.32. The summed E-state index contributed by atoms with van der Waals surface area (Å²) < 4.78 is 27.1. The molecule has 1 aliphatic heterocycles. The molecule has 0 radical (unpaired) electrons. The molecule has 2 atom stereocenters. The Morgan fingerprint density at radius 3 is 2.73 bits per heavy atom. The van der Waals surface area contributed by atoms with Gasteiger partial charge < -0.3 is 15.3 Å². The average Bonchev–Trinajstić information content (AvgIpc) is 2.65. The highest BCUT2D eigenvalue weighted by molar-refractivity contribution is 5.76. The van der Waals surface area contributed by atoms with Crippen molar-refractivity contribution < 1.29 is 23.5 Å². The van der Waals surface area contributed by atoms with Crippen molar-refractivity contribution in [1.29, 1.82) is 0 Å². The molecule has 0 spiro atoms. The minimum absolute atomic E-state index is 0.0656. The third-order valence-electron chi connectivity index (χ3n) is 4.59. The van der Waals surface area contributed by atoms with E-state index in [0.717, 1.165) is 6.42 Å². The van der Waals surface area contributed by atoms with Crippen molar-refractivity contribution in [2.24, 2.45) is 11.8 Å². The zero-order chi connectivity index (χ0) is 16.2. The summed E-state index contributed by atoms with van der Waals surface area (Å²) in [5.41, 5.74) is 0. The number of rotatable bonds is 3. The van der Waals surface area contributed by atoms with Crippen molar-refractivity contribution in [2.75, 3.05) is 19.6 Å². The van der Waals surface area contributed by atoms with Crippen LogP contribution < -0.4 is 5.32 Å². The lowest BCUT2D eigenvalue weighted by molar-refractivity contribution is -0.143. The number of hydrogen-bond acceptors (Lipinski definition) is 2. The van der Waals surface area contributed by atoms with Gasteiger partial charge in [-0.1, -0.05) is 6.42 Å². The molecule has 1 saturated heterocycles. The number of amides is 2. The molecule has 2 N–H and O–H groups in total. The molecule has 5 nitrogen and oxygen atoms in total. The molecule has 1 aliphatic carbocycles. The van der Waals surface area contributed by atoms with Gasteiger partial charge in [-0.15, -0.1) is 0 Å². The third kappa shape index (κ3) is 4.81. The number of carbonyl (C=O) groups is 2. The first-order valence-electron chi connectivity index (χ1n) is 8.01. The molecule has 2 aliphatic rings. The normalized spacial score (nSPS) is 28.7. The van der Waals surface area contributed by atoms with Gasteiger partial charge in [-0.2, -0.15) is 0 Å². The highest BCUT2D eigenvalue weighted by atomic mass is 19.3. The fourth-order valence-corrected chi connectivity index (χ4v) is 3.32. The number of urea groups is 1. The topological polar surface area (TPSA) is 69.6 Å². The van der Waals surface area contributed by atoms with Crippen LogP contribution in [0.5, 0.6) is 0 Å². The van der Waals surface area contributed by atoms with Gasteiger partial charge in [-0.05, 0) is 31.6 Å². The molecule has 7 heteroatoms. The predicted octanol–water partition coefficient (Wildman–Crippen LogP) is 2.71. The smallest absolute Gasteiger partial charge is 0.317 e. The Morgan fingerprint density at radius 2 is 2.00 bits per heavy atom. The minimum atomic E-state index is -2.63. The molecular formula is C15H24F2N2O3. The molecule has 2 rings (SSSR count). The van der Waals surface area contributed by atoms with Crippen LogP contribution in [0, 0.1) is 11.8 Å². The van der Waals surface area contributed by atoms with Gasteiger partial charge in [0.2, 0.25) is 5.92 Å². The molecule has 2 fully saturated rings. The largest absolute Gasteiger partial charge is 0.481 e. The van der Waals surface area contributed by atoms with Crippen LogP contribution in [0.1, 0.15) is 44.9 Å². The number of nitrogens with one attached hydrogen (secondary N) is 1. The number of halogens is 2. The third-order valence-corrected chi connectivity index (χ3v) is 4.59. The first kappa shape index (κ1) is 17.0. The highest BCUT2D eigenvalue weighted by Crippen LogP contribution is 2.34. The lowest BCUT2D eigenvalue weighted by Crippen LogP contribution is -2.48. The van der Waals surface area contributed by atoms with Crippen molar-refractivity contribution >= 4 is 12.0 Å². The van der Waals surface area contributed by atoms with Crippen LogP contribution in [0.3, 0.4) is 0 Å². The molecule has 0 bridgehead atoms. The Morgan fingerprint density at radius 1 is 1.23 bits per heavy atom. The summed E-state index contributed by atoms with van der Waals surface area (Å²) in [6.45, 7) is 0.959. The Labute approximate surface area is 129 Å². The maximum absolute atomic E-state index is 13.5. The minimum Gasteiger partial charge on any atom is -0.481 e. The second-order valence-corrected chi connectivity index (χ2v) is 6.48. The molecule has 0 aromatic heterocycles. The molecule has 22 heavy (non-hydrogen) atoms. The number of likely N-dealkylation sites (tertiary alicyclic amines) is 1. The van der Waals surface area contributed by atoms with Gasteiger partial charge in [0.1, 0.15) is 0 Å². The van der Waals surface area contributed by atoms with E-state index in [1.807, 2.05) is 0 Å². The van der Waals surface area contributed by atoms with E-state index in [4.69, 9.17) is 5.11 Å². The number of nitrogens with zero attached hydrogens (tertiary/aromatic N) is 1. The quantitative estimate of drug-likeness (QED) is 0.786. The van der Waals surface area contributed by atoms with E-state index in [9.17, 15) is 18.4 Å². The first-order chi connectivity index (χ1) is 10.4. The number of piperidine rings is 1. The standard InChI is InChI=1S/C15H24F2N2O3/c16-15(17)6-2-1-4-11(8-15)9-18-14(22)19-7-3-5-12(10-19)13(20)21/h11-12H,1-10H2,(H,18,22)(H,20,21). The number of hydrogen-bond donors (Lipinski definition) is 2. The lowest BCUT2D eigenvalue weighted by Gasteiger charge is -2.31. The van der Waals surface area contributed by atoms with E-state index < -0.39 is 17.8 Å². The number of carboxylic acid groups (broad SMARTS) is 1. The van der Waals surface area contributed by atoms with Crippen LogP contribution in [0.4, 0.5) is 13.6 Å². The summed E-state index contributed by atoms with van der Waals surface area (Å²) in [7, 11) is 0. The maximum atomic E-state index is 13.5. The lowest BCUT2D eigenvalue weighted by atomic mass is 9.98. The van der Waals surface area contributed by atoms with Crippen molar-refractivity contribution in [1.82, 2.24) is 10.2 Å². The van der Waals surface area contributed by atoms with Crippen LogP contribution in [-0.4, -0.2) is 47.6 Å². The zero-order valence-corrected chi connectivity index (χ0v) is 12.7. The van der Waals surface area contributed by atoms with Crippen molar-refractivity contribution in [3.63, 3.8) is 0 Å². The Kier molecular flexibility index (Phi) is 5.58. The van der Waals surface area contributed by atoms with Gasteiger partial charge in [0.25, 0.3) is 0 Å². The zero-order valence-electron chi connectivity index (χ0n) is 12.7. The summed E-state index contributed by atoms with van der Waals surface area (Å²) in [5.74, 6) is -4.25. The Balaban J connectivity index is 1.80. The number of alkyl halides is 2. The summed E-state index contributed by atoms with van der Waals surface area (Å²) in [4.78, 5) is 24.6. The van der Waals surface area contributed by atoms with E-state index in [0.29, 0.717) is 32.2 Å². The molecule has 2 unspecified atom stereocenters. The molecule has 0 aromatic rings. The maximum Gasteiger partial charge on any atom is 0.317 e. The molecule has 0 aromatic carbocycles. The van der Waals surface area contributed by atoms with Gasteiger partial charge in [0.15, 0.2) is 0 Å². The summed E-state index contributed by atoms with van der Waals surface area (Å²) in [5, 5.41) is 11.7. The van der Waals surface area contributed by atoms with Gasteiger partial charge in [0.05, 0.1) is 5.92 Å². The summed E-state index contributed by atoms with van der Waals surface area (Å²) in [6.07, 6.45) is 2.99. The fraction of sp³-hybridized carbons (Fsp3) is 0.867. The van der Waals surface area contributed by atoms with Crippen LogP contribution in [0.15, 0.2) is 0 Å². The van der Waals surface area contributed by atoms with Gasteiger partial charge in [0, 0.05) is 32.5 Å². The number of carbonyl (C=O) groups excluding carboxylic acids is 1. The van der Waals surface area contributed by atoms with Crippen molar-refractivity contribution in [3.05, 3.63) is 0 Å². The SMILES string of the molecule is O=C(O)C1CCCN(C(=O)NCC2CCCCC(F)(F)C2)C1. The highest BCUT2D eigenvalue weighted by Gasteiger charge is 2.35. The van der Waals surface area contributed by atoms with Crippen LogP contribution >= 0.6 is 0 Å². The van der Waals surface area contributed by atoms with E-state index in [1.54, 1.807) is 0 Å². The van der Waals surface area contributed by atoms with Crippen molar-refractivity contribution in [3.8, 4) is 0 Å². The number of carboxylic acids is 1. The molecule has 1 saturated carbocycles. The summed E-state index contributed by atoms with van der Waals surface area (Å²) in [6, 6.07) is -0.335. The van der Waals surface area contributed by atoms with Crippen molar-refractivity contribution in [2.45, 2.75) is 50.9 Å². The average molecular weight is 318 g/mol. The molecule has 126 valence electrons. The van der Waals surface area contributed by atoms with E-state index >= 15 is 0 Å².